The van der Waals surface area contributed by atoms with Gasteiger partial charge in [-0.1, -0.05) is 24.3 Å². The van der Waals surface area contributed by atoms with E-state index in [9.17, 15) is 0 Å². The van der Waals surface area contributed by atoms with Gasteiger partial charge in [-0.2, -0.15) is 0 Å². The van der Waals surface area contributed by atoms with E-state index >= 15 is 0 Å². The lowest BCUT2D eigenvalue weighted by atomic mass is 9.78. The zero-order chi connectivity index (χ0) is 19.1. The number of oxazole rings is 1. The highest BCUT2D eigenvalue weighted by Crippen LogP contribution is 2.36. The minimum absolute atomic E-state index is 0.0312. The highest BCUT2D eigenvalue weighted by molar-refractivity contribution is 6.62. The van der Waals surface area contributed by atoms with Crippen molar-refractivity contribution in [1.82, 2.24) is 9.88 Å². The Labute approximate surface area is 160 Å². The Hall–Kier alpha value is -1.67. The number of hydrogen-bond acceptors (Lipinski definition) is 6. The zero-order valence-electron chi connectivity index (χ0n) is 16.5. The zero-order valence-corrected chi connectivity index (χ0v) is 16.5. The first kappa shape index (κ1) is 18.7. The van der Waals surface area contributed by atoms with Crippen molar-refractivity contribution < 1.29 is 18.5 Å². The van der Waals surface area contributed by atoms with E-state index in [0.29, 0.717) is 0 Å². The maximum absolute atomic E-state index is 6.16. The van der Waals surface area contributed by atoms with Crippen molar-refractivity contribution in [3.8, 4) is 0 Å². The molecular weight excluding hydrogens is 343 g/mol. The third-order valence-electron chi connectivity index (χ3n) is 5.91. The summed E-state index contributed by atoms with van der Waals surface area (Å²) in [5, 5.41) is 0. The third kappa shape index (κ3) is 3.57. The van der Waals surface area contributed by atoms with E-state index in [-0.39, 0.29) is 24.4 Å². The van der Waals surface area contributed by atoms with Crippen LogP contribution >= 0.6 is 0 Å². The molecule has 0 bridgehead atoms. The van der Waals surface area contributed by atoms with Crippen molar-refractivity contribution in [3.05, 3.63) is 48.2 Å². The standard InChI is InChI=1S/C20H27BN2O4/c1-19(2)20(3,4)27-21(26-19)16-7-5-15(6-8-16)18(17-13-22-14-25-17)23-9-11-24-12-10-23/h5-8,13-14,18H,9-12H2,1-4H3. The molecule has 1 unspecified atom stereocenters. The van der Waals surface area contributed by atoms with Gasteiger partial charge in [-0.05, 0) is 38.7 Å². The number of hydrogen-bond donors (Lipinski definition) is 0. The predicted octanol–water partition coefficient (Wildman–Crippen LogP) is 2.40. The van der Waals surface area contributed by atoms with Gasteiger partial charge in [0.2, 0.25) is 0 Å². The van der Waals surface area contributed by atoms with E-state index in [2.05, 4.69) is 61.8 Å². The van der Waals surface area contributed by atoms with Crippen LogP contribution in [0.15, 0.2) is 41.3 Å². The summed E-state index contributed by atoms with van der Waals surface area (Å²) in [6, 6.07) is 8.46. The van der Waals surface area contributed by atoms with Crippen LogP contribution in [0.1, 0.15) is 45.1 Å². The Balaban J connectivity index is 1.58. The van der Waals surface area contributed by atoms with Gasteiger partial charge < -0.3 is 18.5 Å². The van der Waals surface area contributed by atoms with E-state index in [0.717, 1.165) is 43.1 Å². The van der Waals surface area contributed by atoms with Crippen LogP contribution in [0.25, 0.3) is 0 Å². The molecule has 1 aromatic heterocycles. The first-order valence-electron chi connectivity index (χ1n) is 9.53. The molecule has 27 heavy (non-hydrogen) atoms. The van der Waals surface area contributed by atoms with Crippen LogP contribution in [0.3, 0.4) is 0 Å². The number of aromatic nitrogens is 1. The fourth-order valence-corrected chi connectivity index (χ4v) is 3.57. The van der Waals surface area contributed by atoms with Crippen LogP contribution in [-0.4, -0.2) is 54.5 Å². The van der Waals surface area contributed by atoms with E-state index in [4.69, 9.17) is 18.5 Å². The molecule has 0 amide bonds. The van der Waals surface area contributed by atoms with Gasteiger partial charge in [0.25, 0.3) is 0 Å². The van der Waals surface area contributed by atoms with Gasteiger partial charge >= 0.3 is 7.12 Å². The quantitative estimate of drug-likeness (QED) is 0.771. The molecule has 3 heterocycles. The van der Waals surface area contributed by atoms with Gasteiger partial charge in [0.1, 0.15) is 5.76 Å². The maximum atomic E-state index is 6.16. The molecule has 0 spiro atoms. The molecule has 2 aromatic rings. The van der Waals surface area contributed by atoms with Gasteiger partial charge in [-0.15, -0.1) is 0 Å². The molecule has 2 aliphatic heterocycles. The summed E-state index contributed by atoms with van der Waals surface area (Å²) in [7, 11) is -0.351. The summed E-state index contributed by atoms with van der Waals surface area (Å²) in [5.41, 5.74) is 1.50. The highest BCUT2D eigenvalue weighted by atomic mass is 16.7. The summed E-state index contributed by atoms with van der Waals surface area (Å²) in [5.74, 6) is 0.847. The largest absolute Gasteiger partial charge is 0.494 e. The Morgan fingerprint density at radius 2 is 1.63 bits per heavy atom. The van der Waals surface area contributed by atoms with E-state index < -0.39 is 0 Å². The monoisotopic (exact) mass is 370 g/mol. The van der Waals surface area contributed by atoms with Crippen LogP contribution in [0.4, 0.5) is 0 Å². The van der Waals surface area contributed by atoms with Gasteiger partial charge in [0, 0.05) is 13.1 Å². The van der Waals surface area contributed by atoms with Gasteiger partial charge in [-0.25, -0.2) is 4.98 Å². The van der Waals surface area contributed by atoms with Gasteiger partial charge in [0.05, 0.1) is 36.7 Å². The van der Waals surface area contributed by atoms with E-state index in [1.807, 2.05) is 0 Å². The second kappa shape index (κ2) is 7.06. The van der Waals surface area contributed by atoms with Crippen molar-refractivity contribution in [3.63, 3.8) is 0 Å². The van der Waals surface area contributed by atoms with Crippen molar-refractivity contribution in [2.24, 2.45) is 0 Å². The van der Waals surface area contributed by atoms with Crippen LogP contribution < -0.4 is 5.46 Å². The molecule has 2 aliphatic rings. The Morgan fingerprint density at radius 3 is 2.19 bits per heavy atom. The van der Waals surface area contributed by atoms with Gasteiger partial charge in [0.15, 0.2) is 6.39 Å². The molecule has 1 aromatic carbocycles. The number of nitrogens with zero attached hydrogens (tertiary/aromatic N) is 2. The Morgan fingerprint density at radius 1 is 1.00 bits per heavy atom. The molecule has 0 aliphatic carbocycles. The number of morpholine rings is 1. The smallest absolute Gasteiger partial charge is 0.446 e. The van der Waals surface area contributed by atoms with E-state index in [1.54, 1.807) is 6.20 Å². The second-order valence-corrected chi connectivity index (χ2v) is 8.21. The second-order valence-electron chi connectivity index (χ2n) is 8.21. The lowest BCUT2D eigenvalue weighted by molar-refractivity contribution is 0.00578. The average molecular weight is 370 g/mol. The third-order valence-corrected chi connectivity index (χ3v) is 5.91. The number of rotatable bonds is 4. The highest BCUT2D eigenvalue weighted by Gasteiger charge is 2.51. The molecule has 7 heteroatoms. The molecule has 4 rings (SSSR count). The topological polar surface area (TPSA) is 57.0 Å². The summed E-state index contributed by atoms with van der Waals surface area (Å²) in [6.45, 7) is 11.5. The normalized spacial score (nSPS) is 23.5. The number of ether oxygens (including phenoxy) is 1. The summed E-state index contributed by atoms with van der Waals surface area (Å²) >= 11 is 0. The average Bonchev–Trinajstić information content (AvgIpc) is 3.23. The SMILES string of the molecule is CC1(C)OB(c2ccc(C(c3cnco3)N3CCOCC3)cc2)OC1(C)C. The predicted molar refractivity (Wildman–Crippen MR) is 103 cm³/mol. The fraction of sp³-hybridized carbons (Fsp3) is 0.550. The molecule has 0 N–H and O–H groups in total. The molecule has 144 valence electrons. The first-order valence-corrected chi connectivity index (χ1v) is 9.53. The van der Waals surface area contributed by atoms with Crippen molar-refractivity contribution in [1.29, 1.82) is 0 Å². The Bertz CT molecular complexity index is 739. The maximum Gasteiger partial charge on any atom is 0.494 e. The van der Waals surface area contributed by atoms with Crippen LogP contribution in [-0.2, 0) is 14.0 Å². The molecular formula is C20H27BN2O4. The van der Waals surface area contributed by atoms with E-state index in [1.165, 1.54) is 6.39 Å². The van der Waals surface area contributed by atoms with Crippen LogP contribution in [0.5, 0.6) is 0 Å². The summed E-state index contributed by atoms with van der Waals surface area (Å²) in [4.78, 5) is 6.48. The molecule has 0 radical (unpaired) electrons. The molecule has 0 saturated carbocycles. The Kier molecular flexibility index (Phi) is 4.88. The molecule has 6 nitrogen and oxygen atoms in total. The molecule has 2 saturated heterocycles. The van der Waals surface area contributed by atoms with Crippen molar-refractivity contribution in [2.75, 3.05) is 26.3 Å². The minimum Gasteiger partial charge on any atom is -0.446 e. The lowest BCUT2D eigenvalue weighted by Gasteiger charge is -2.33. The number of benzene rings is 1. The molecule has 2 fully saturated rings. The lowest BCUT2D eigenvalue weighted by Crippen LogP contribution is -2.41. The fourth-order valence-electron chi connectivity index (χ4n) is 3.57. The summed E-state index contributed by atoms with van der Waals surface area (Å²) < 4.78 is 23.5. The van der Waals surface area contributed by atoms with Crippen LogP contribution in [0, 0.1) is 0 Å². The summed E-state index contributed by atoms with van der Waals surface area (Å²) in [6.07, 6.45) is 3.28. The van der Waals surface area contributed by atoms with Gasteiger partial charge in [-0.3, -0.25) is 4.90 Å². The first-order chi connectivity index (χ1) is 12.9. The molecule has 1 atom stereocenters. The van der Waals surface area contributed by atoms with Crippen LogP contribution in [0.2, 0.25) is 0 Å². The van der Waals surface area contributed by atoms with Crippen molar-refractivity contribution >= 4 is 12.6 Å². The minimum atomic E-state index is -0.351. The van der Waals surface area contributed by atoms with Crippen molar-refractivity contribution in [2.45, 2.75) is 44.9 Å².